The first-order chi connectivity index (χ1) is 6.52. The molecule has 0 aliphatic rings. The summed E-state index contributed by atoms with van der Waals surface area (Å²) in [5.74, 6) is 0.588. The quantitative estimate of drug-likeness (QED) is 0.766. The molecule has 2 nitrogen and oxygen atoms in total. The summed E-state index contributed by atoms with van der Waals surface area (Å²) >= 11 is 0. The minimum absolute atomic E-state index is 0.167. The second-order valence-corrected chi connectivity index (χ2v) is 6.81. The van der Waals surface area contributed by atoms with Gasteiger partial charge in [-0.05, 0) is 16.7 Å². The van der Waals surface area contributed by atoms with Crippen molar-refractivity contribution in [1.82, 2.24) is 5.32 Å². The van der Waals surface area contributed by atoms with Crippen LogP contribution < -0.4 is 5.32 Å². The Labute approximate surface area is 94.8 Å². The van der Waals surface area contributed by atoms with Crippen molar-refractivity contribution in [3.05, 3.63) is 0 Å². The molecule has 1 unspecified atom stereocenters. The highest BCUT2D eigenvalue weighted by atomic mass is 16.1. The Kier molecular flexibility index (Phi) is 4.82. The van der Waals surface area contributed by atoms with Gasteiger partial charge >= 0.3 is 0 Å². The van der Waals surface area contributed by atoms with Crippen LogP contribution in [0.2, 0.25) is 0 Å². The molecular weight excluding hydrogens is 186 g/mol. The molecule has 0 bridgehead atoms. The van der Waals surface area contributed by atoms with E-state index in [-0.39, 0.29) is 16.7 Å². The molecule has 15 heavy (non-hydrogen) atoms. The molecule has 0 aliphatic carbocycles. The van der Waals surface area contributed by atoms with Gasteiger partial charge in [0.05, 0.1) is 0 Å². The molecule has 0 heterocycles. The van der Waals surface area contributed by atoms with Gasteiger partial charge < -0.3 is 5.32 Å². The van der Waals surface area contributed by atoms with Crippen molar-refractivity contribution in [2.24, 2.45) is 16.7 Å². The van der Waals surface area contributed by atoms with Crippen molar-refractivity contribution in [2.75, 3.05) is 6.54 Å². The van der Waals surface area contributed by atoms with E-state index in [0.717, 1.165) is 6.54 Å². The van der Waals surface area contributed by atoms with Crippen LogP contribution in [-0.4, -0.2) is 12.5 Å². The van der Waals surface area contributed by atoms with Gasteiger partial charge in [0.1, 0.15) is 0 Å². The van der Waals surface area contributed by atoms with E-state index in [0.29, 0.717) is 12.3 Å². The maximum atomic E-state index is 11.6. The topological polar surface area (TPSA) is 29.1 Å². The molecule has 2 heteroatoms. The van der Waals surface area contributed by atoms with Gasteiger partial charge in [-0.2, -0.15) is 0 Å². The van der Waals surface area contributed by atoms with Crippen LogP contribution in [0.3, 0.4) is 0 Å². The van der Waals surface area contributed by atoms with Gasteiger partial charge in [0.2, 0.25) is 5.91 Å². The highest BCUT2D eigenvalue weighted by molar-refractivity contribution is 5.76. The van der Waals surface area contributed by atoms with Crippen molar-refractivity contribution < 1.29 is 4.79 Å². The monoisotopic (exact) mass is 213 g/mol. The van der Waals surface area contributed by atoms with Crippen LogP contribution in [0.25, 0.3) is 0 Å². The van der Waals surface area contributed by atoms with Gasteiger partial charge in [0, 0.05) is 13.0 Å². The molecule has 0 fully saturated rings. The van der Waals surface area contributed by atoms with Crippen molar-refractivity contribution in [3.63, 3.8) is 0 Å². The second-order valence-electron chi connectivity index (χ2n) is 6.81. The van der Waals surface area contributed by atoms with Crippen molar-refractivity contribution in [1.29, 1.82) is 0 Å². The molecule has 0 aromatic rings. The van der Waals surface area contributed by atoms with E-state index in [2.05, 4.69) is 53.8 Å². The Morgan fingerprint density at radius 1 is 1.13 bits per heavy atom. The Bertz CT molecular complexity index is 208. The minimum Gasteiger partial charge on any atom is -0.356 e. The van der Waals surface area contributed by atoms with E-state index in [4.69, 9.17) is 0 Å². The van der Waals surface area contributed by atoms with Crippen LogP contribution in [0.1, 0.15) is 54.9 Å². The normalized spacial score (nSPS) is 14.9. The van der Waals surface area contributed by atoms with Crippen LogP contribution in [0.15, 0.2) is 0 Å². The van der Waals surface area contributed by atoms with Crippen LogP contribution in [0.5, 0.6) is 0 Å². The number of nitrogens with one attached hydrogen (secondary N) is 1. The lowest BCUT2D eigenvalue weighted by atomic mass is 9.80. The van der Waals surface area contributed by atoms with E-state index in [9.17, 15) is 4.79 Å². The van der Waals surface area contributed by atoms with E-state index < -0.39 is 0 Å². The number of rotatable bonds is 3. The van der Waals surface area contributed by atoms with E-state index in [1.165, 1.54) is 0 Å². The zero-order chi connectivity index (χ0) is 12.3. The average molecular weight is 213 g/mol. The fraction of sp³-hybridized carbons (Fsp3) is 0.923. The number of amides is 1. The fourth-order valence-corrected chi connectivity index (χ4v) is 1.02. The van der Waals surface area contributed by atoms with Gasteiger partial charge in [0.25, 0.3) is 0 Å². The summed E-state index contributed by atoms with van der Waals surface area (Å²) in [7, 11) is 0. The molecule has 0 saturated carbocycles. The SMILES string of the molecule is CC(CC(=O)NCC(C)(C)C)C(C)(C)C. The van der Waals surface area contributed by atoms with Gasteiger partial charge in [0.15, 0.2) is 0 Å². The molecule has 90 valence electrons. The molecule has 0 saturated heterocycles. The van der Waals surface area contributed by atoms with Crippen molar-refractivity contribution in [3.8, 4) is 0 Å². The molecule has 0 rings (SSSR count). The molecule has 0 aliphatic heterocycles. The third-order valence-corrected chi connectivity index (χ3v) is 2.79. The smallest absolute Gasteiger partial charge is 0.220 e. The molecule has 0 aromatic carbocycles. The summed E-state index contributed by atoms with van der Waals surface area (Å²) in [6.45, 7) is 15.8. The molecule has 1 atom stereocenters. The molecule has 0 radical (unpaired) electrons. The summed E-state index contributed by atoms with van der Waals surface area (Å²) in [6.07, 6.45) is 0.625. The van der Waals surface area contributed by atoms with E-state index >= 15 is 0 Å². The lowest BCUT2D eigenvalue weighted by molar-refractivity contribution is -0.123. The van der Waals surface area contributed by atoms with Crippen LogP contribution in [-0.2, 0) is 4.79 Å². The van der Waals surface area contributed by atoms with Crippen LogP contribution >= 0.6 is 0 Å². The first-order valence-electron chi connectivity index (χ1n) is 5.79. The highest BCUT2D eigenvalue weighted by Crippen LogP contribution is 2.27. The first kappa shape index (κ1) is 14.5. The number of hydrogen-bond donors (Lipinski definition) is 1. The van der Waals surface area contributed by atoms with Gasteiger partial charge in [-0.15, -0.1) is 0 Å². The number of hydrogen-bond acceptors (Lipinski definition) is 1. The lowest BCUT2D eigenvalue weighted by Crippen LogP contribution is -2.34. The first-order valence-corrected chi connectivity index (χ1v) is 5.79. The molecular formula is C13H27NO. The minimum atomic E-state index is 0.167. The summed E-state index contributed by atoms with van der Waals surface area (Å²) < 4.78 is 0. The lowest BCUT2D eigenvalue weighted by Gasteiger charge is -2.27. The highest BCUT2D eigenvalue weighted by Gasteiger charge is 2.23. The summed E-state index contributed by atoms with van der Waals surface area (Å²) in [6, 6.07) is 0. The number of carbonyl (C=O) groups is 1. The fourth-order valence-electron chi connectivity index (χ4n) is 1.02. The van der Waals surface area contributed by atoms with Crippen molar-refractivity contribution >= 4 is 5.91 Å². The molecule has 1 amide bonds. The maximum absolute atomic E-state index is 11.6. The third-order valence-electron chi connectivity index (χ3n) is 2.79. The third kappa shape index (κ3) is 7.40. The Morgan fingerprint density at radius 2 is 1.60 bits per heavy atom. The average Bonchev–Trinajstić information content (AvgIpc) is 1.97. The van der Waals surface area contributed by atoms with E-state index in [1.54, 1.807) is 0 Å². The Balaban J connectivity index is 3.96. The second kappa shape index (κ2) is 5.00. The predicted octanol–water partition coefficient (Wildman–Crippen LogP) is 3.22. The Hall–Kier alpha value is -0.530. The van der Waals surface area contributed by atoms with Crippen LogP contribution in [0, 0.1) is 16.7 Å². The summed E-state index contributed by atoms with van der Waals surface area (Å²) in [4.78, 5) is 11.6. The standard InChI is InChI=1S/C13H27NO/c1-10(13(5,6)7)8-11(15)14-9-12(2,3)4/h10H,8-9H2,1-7H3,(H,14,15). The number of carbonyl (C=O) groups excluding carboxylic acids is 1. The van der Waals surface area contributed by atoms with Gasteiger partial charge in [-0.3, -0.25) is 4.79 Å². The Morgan fingerprint density at radius 3 is 1.93 bits per heavy atom. The predicted molar refractivity (Wildman–Crippen MR) is 65.7 cm³/mol. The van der Waals surface area contributed by atoms with Crippen LogP contribution in [0.4, 0.5) is 0 Å². The zero-order valence-electron chi connectivity index (χ0n) is 11.4. The summed E-state index contributed by atoms with van der Waals surface area (Å²) in [5, 5.41) is 2.99. The van der Waals surface area contributed by atoms with Gasteiger partial charge in [-0.25, -0.2) is 0 Å². The molecule has 0 aromatic heterocycles. The van der Waals surface area contributed by atoms with Gasteiger partial charge in [-0.1, -0.05) is 48.5 Å². The van der Waals surface area contributed by atoms with E-state index in [1.807, 2.05) is 0 Å². The molecule has 1 N–H and O–H groups in total. The van der Waals surface area contributed by atoms with Crippen molar-refractivity contribution in [2.45, 2.75) is 54.9 Å². The zero-order valence-corrected chi connectivity index (χ0v) is 11.4. The maximum Gasteiger partial charge on any atom is 0.220 e. The largest absolute Gasteiger partial charge is 0.356 e. The summed E-state index contributed by atoms with van der Waals surface area (Å²) in [5.41, 5.74) is 0.375. The molecule has 0 spiro atoms.